The summed E-state index contributed by atoms with van der Waals surface area (Å²) in [7, 11) is 0. The van der Waals surface area contributed by atoms with Crippen LogP contribution >= 0.6 is 23.8 Å². The Hall–Kier alpha value is -2.69. The first-order chi connectivity index (χ1) is 12.5. The lowest BCUT2D eigenvalue weighted by atomic mass is 10.1. The van der Waals surface area contributed by atoms with Crippen molar-refractivity contribution in [1.29, 1.82) is 0 Å². The SMILES string of the molecule is Cc1ccc[n+](C(C(=S)Nc2ccccc2)=C(O)c2cccc(Cl)c2)c1. The summed E-state index contributed by atoms with van der Waals surface area (Å²) < 4.78 is 1.81. The van der Waals surface area contributed by atoms with Crippen LogP contribution in [0.5, 0.6) is 0 Å². The molecule has 0 aliphatic rings. The van der Waals surface area contributed by atoms with Crippen LogP contribution in [-0.4, -0.2) is 10.1 Å². The third-order valence-electron chi connectivity index (χ3n) is 3.78. The molecule has 0 aliphatic carbocycles. The van der Waals surface area contributed by atoms with Gasteiger partial charge in [0.1, 0.15) is 0 Å². The number of aliphatic hydroxyl groups is 1. The lowest BCUT2D eigenvalue weighted by Gasteiger charge is -2.10. The van der Waals surface area contributed by atoms with Gasteiger partial charge in [0, 0.05) is 27.9 Å². The topological polar surface area (TPSA) is 36.1 Å². The van der Waals surface area contributed by atoms with Crippen molar-refractivity contribution in [3.8, 4) is 0 Å². The number of nitrogens with one attached hydrogen (secondary N) is 1. The maximum atomic E-state index is 11.0. The van der Waals surface area contributed by atoms with E-state index in [9.17, 15) is 5.11 Å². The highest BCUT2D eigenvalue weighted by Crippen LogP contribution is 2.21. The van der Waals surface area contributed by atoms with E-state index in [1.165, 1.54) is 0 Å². The molecule has 0 saturated heterocycles. The van der Waals surface area contributed by atoms with Crippen molar-refractivity contribution in [3.63, 3.8) is 0 Å². The Kier molecular flexibility index (Phi) is 5.66. The fraction of sp³-hybridized carbons (Fsp3) is 0.0476. The van der Waals surface area contributed by atoms with E-state index in [1.807, 2.05) is 66.3 Å². The first kappa shape index (κ1) is 18.1. The lowest BCUT2D eigenvalue weighted by Crippen LogP contribution is -2.38. The van der Waals surface area contributed by atoms with Gasteiger partial charge in [-0.2, -0.15) is 4.57 Å². The summed E-state index contributed by atoms with van der Waals surface area (Å²) >= 11 is 11.7. The van der Waals surface area contributed by atoms with E-state index in [-0.39, 0.29) is 5.76 Å². The van der Waals surface area contributed by atoms with Gasteiger partial charge in [-0.05, 0) is 37.3 Å². The van der Waals surface area contributed by atoms with Crippen LogP contribution in [0.1, 0.15) is 11.1 Å². The van der Waals surface area contributed by atoms with Gasteiger partial charge in [0.15, 0.2) is 23.1 Å². The van der Waals surface area contributed by atoms with Crippen LogP contribution in [0.4, 0.5) is 5.69 Å². The molecule has 26 heavy (non-hydrogen) atoms. The zero-order valence-corrected chi connectivity index (χ0v) is 15.8. The largest absolute Gasteiger partial charge is 0.502 e. The molecule has 0 bridgehead atoms. The van der Waals surface area contributed by atoms with Gasteiger partial charge >= 0.3 is 0 Å². The second-order valence-electron chi connectivity index (χ2n) is 5.82. The molecule has 3 nitrogen and oxygen atoms in total. The summed E-state index contributed by atoms with van der Waals surface area (Å²) in [6.45, 7) is 1.98. The third kappa shape index (κ3) is 4.28. The van der Waals surface area contributed by atoms with Gasteiger partial charge in [-0.15, -0.1) is 0 Å². The maximum Gasteiger partial charge on any atom is 0.288 e. The maximum absolute atomic E-state index is 11.0. The fourth-order valence-electron chi connectivity index (χ4n) is 2.56. The standard InChI is InChI=1S/C21H17ClN2OS/c1-15-7-6-12-24(14-15)19(20(25)16-8-5-9-17(22)13-16)21(26)23-18-10-3-2-4-11-18/h2-14H,1H3,(H-,23,25,26)/p+1. The molecule has 1 aromatic heterocycles. The third-order valence-corrected chi connectivity index (χ3v) is 4.31. The molecule has 0 fully saturated rings. The van der Waals surface area contributed by atoms with Crippen LogP contribution < -0.4 is 9.88 Å². The predicted molar refractivity (Wildman–Crippen MR) is 111 cm³/mol. The molecule has 2 N–H and O–H groups in total. The molecule has 0 radical (unpaired) electrons. The van der Waals surface area contributed by atoms with Gasteiger partial charge in [-0.3, -0.25) is 0 Å². The molecule has 1 heterocycles. The molecule has 0 saturated carbocycles. The van der Waals surface area contributed by atoms with Crippen LogP contribution in [0.2, 0.25) is 5.02 Å². The van der Waals surface area contributed by atoms with Gasteiger partial charge in [0.05, 0.1) is 0 Å². The van der Waals surface area contributed by atoms with Gasteiger partial charge in [-0.25, -0.2) is 0 Å². The molecule has 3 aromatic rings. The van der Waals surface area contributed by atoms with E-state index in [2.05, 4.69) is 5.32 Å². The average molecular weight is 382 g/mol. The molecular weight excluding hydrogens is 364 g/mol. The fourth-order valence-corrected chi connectivity index (χ4v) is 3.07. The number of nitrogens with zero attached hydrogens (tertiary/aromatic N) is 1. The first-order valence-electron chi connectivity index (χ1n) is 8.08. The van der Waals surface area contributed by atoms with Crippen molar-refractivity contribution < 1.29 is 9.67 Å². The smallest absolute Gasteiger partial charge is 0.288 e. The van der Waals surface area contributed by atoms with Crippen molar-refractivity contribution >= 4 is 46.0 Å². The Balaban J connectivity index is 2.10. The summed E-state index contributed by atoms with van der Waals surface area (Å²) in [5, 5.41) is 14.7. The van der Waals surface area contributed by atoms with Crippen LogP contribution in [0.25, 0.3) is 11.5 Å². The summed E-state index contributed by atoms with van der Waals surface area (Å²) in [4.78, 5) is 0.407. The average Bonchev–Trinajstić information content (AvgIpc) is 2.63. The molecule has 5 heteroatoms. The lowest BCUT2D eigenvalue weighted by molar-refractivity contribution is -0.576. The summed E-state index contributed by atoms with van der Waals surface area (Å²) in [5.74, 6) is 0.0523. The number of aryl methyl sites for hydroxylation is 1. The van der Waals surface area contributed by atoms with Crippen molar-refractivity contribution in [3.05, 3.63) is 95.3 Å². The van der Waals surface area contributed by atoms with Gasteiger partial charge in [0.2, 0.25) is 0 Å². The minimum atomic E-state index is 0.0523. The van der Waals surface area contributed by atoms with Crippen molar-refractivity contribution in [1.82, 2.24) is 0 Å². The molecule has 0 aliphatic heterocycles. The summed E-state index contributed by atoms with van der Waals surface area (Å²) in [5.41, 5.74) is 2.97. The van der Waals surface area contributed by atoms with E-state index in [0.717, 1.165) is 11.3 Å². The van der Waals surface area contributed by atoms with Crippen LogP contribution in [0.3, 0.4) is 0 Å². The van der Waals surface area contributed by atoms with Crippen molar-refractivity contribution in [2.24, 2.45) is 0 Å². The Morgan fingerprint density at radius 1 is 1.04 bits per heavy atom. The normalized spacial score (nSPS) is 11.6. The monoisotopic (exact) mass is 381 g/mol. The Morgan fingerprint density at radius 3 is 2.50 bits per heavy atom. The number of hydrogen-bond acceptors (Lipinski definition) is 2. The van der Waals surface area contributed by atoms with Gasteiger partial charge in [0.25, 0.3) is 5.70 Å². The highest BCUT2D eigenvalue weighted by Gasteiger charge is 2.24. The zero-order valence-electron chi connectivity index (χ0n) is 14.2. The predicted octanol–water partition coefficient (Wildman–Crippen LogP) is 5.26. The van der Waals surface area contributed by atoms with Gasteiger partial charge in [-0.1, -0.05) is 54.2 Å². The van der Waals surface area contributed by atoms with E-state index in [4.69, 9.17) is 23.8 Å². The molecule has 0 spiro atoms. The molecule has 0 atom stereocenters. The molecule has 0 unspecified atom stereocenters. The molecule has 130 valence electrons. The number of anilines is 1. The minimum Gasteiger partial charge on any atom is -0.502 e. The number of benzene rings is 2. The Bertz CT molecular complexity index is 971. The first-order valence-corrected chi connectivity index (χ1v) is 8.87. The van der Waals surface area contributed by atoms with E-state index < -0.39 is 0 Å². The molecule has 2 aromatic carbocycles. The number of halogens is 1. The van der Waals surface area contributed by atoms with Crippen molar-refractivity contribution in [2.75, 3.05) is 5.32 Å². The highest BCUT2D eigenvalue weighted by atomic mass is 35.5. The van der Waals surface area contributed by atoms with Crippen LogP contribution in [0, 0.1) is 6.92 Å². The number of aromatic nitrogens is 1. The van der Waals surface area contributed by atoms with Crippen molar-refractivity contribution in [2.45, 2.75) is 6.92 Å². The molecule has 0 amide bonds. The van der Waals surface area contributed by atoms with Crippen LogP contribution in [-0.2, 0) is 0 Å². The number of aliphatic hydroxyl groups excluding tert-OH is 1. The number of para-hydroxylation sites is 1. The van der Waals surface area contributed by atoms with E-state index in [1.54, 1.807) is 24.3 Å². The van der Waals surface area contributed by atoms with E-state index >= 15 is 0 Å². The zero-order chi connectivity index (χ0) is 18.5. The molecule has 3 rings (SSSR count). The van der Waals surface area contributed by atoms with Gasteiger partial charge < -0.3 is 10.4 Å². The second-order valence-corrected chi connectivity index (χ2v) is 6.66. The molecular formula is C21H18ClN2OS+. The summed E-state index contributed by atoms with van der Waals surface area (Å²) in [6.07, 6.45) is 3.76. The number of hydrogen-bond donors (Lipinski definition) is 2. The van der Waals surface area contributed by atoms with Crippen LogP contribution in [0.15, 0.2) is 79.1 Å². The quantitative estimate of drug-likeness (QED) is 0.280. The summed E-state index contributed by atoms with van der Waals surface area (Å²) in [6, 6.07) is 20.6. The minimum absolute atomic E-state index is 0.0523. The Labute approximate surface area is 163 Å². The highest BCUT2D eigenvalue weighted by molar-refractivity contribution is 7.81. The van der Waals surface area contributed by atoms with E-state index in [0.29, 0.717) is 21.3 Å². The second kappa shape index (κ2) is 8.13. The number of rotatable bonds is 4. The number of thiocarbonyl (C=S) groups is 1. The Morgan fingerprint density at radius 2 is 1.81 bits per heavy atom. The number of pyridine rings is 1.